The lowest BCUT2D eigenvalue weighted by molar-refractivity contribution is -0.142. The zero-order chi connectivity index (χ0) is 25.1. The maximum atomic E-state index is 12.4. The molecule has 7 nitrogen and oxygen atoms in total. The second-order valence-electron chi connectivity index (χ2n) is 8.25. The molecule has 4 rings (SSSR count). The molecule has 1 saturated carbocycles. The largest absolute Gasteiger partial charge is 0.534 e. The summed E-state index contributed by atoms with van der Waals surface area (Å²) in [7, 11) is -5.91. The molecule has 0 radical (unpaired) electrons. The van der Waals surface area contributed by atoms with E-state index < -0.39 is 27.5 Å². The van der Waals surface area contributed by atoms with Crippen LogP contribution in [0.3, 0.4) is 0 Å². The topological polar surface area (TPSA) is 94.6 Å². The van der Waals surface area contributed by atoms with Gasteiger partial charge in [0.05, 0.1) is 16.1 Å². The van der Waals surface area contributed by atoms with Crippen LogP contribution in [0.2, 0.25) is 0 Å². The number of aromatic nitrogens is 1. The van der Waals surface area contributed by atoms with Crippen molar-refractivity contribution in [1.82, 2.24) is 10.3 Å². The van der Waals surface area contributed by atoms with Crippen LogP contribution in [0.5, 0.6) is 10.9 Å². The molecule has 0 amide bonds. The van der Waals surface area contributed by atoms with Gasteiger partial charge < -0.3 is 14.2 Å². The van der Waals surface area contributed by atoms with Gasteiger partial charge in [-0.1, -0.05) is 35.6 Å². The fraction of sp³-hybridized carbons (Fsp3) is 0.391. The zero-order valence-corrected chi connectivity index (χ0v) is 20.1. The molecule has 1 aliphatic rings. The number of para-hydroxylation sites is 1. The summed E-state index contributed by atoms with van der Waals surface area (Å²) in [5.41, 5.74) is -3.61. The molecule has 188 valence electrons. The van der Waals surface area contributed by atoms with Crippen molar-refractivity contribution in [2.75, 3.05) is 6.54 Å². The molecule has 2 aromatic carbocycles. The van der Waals surface area contributed by atoms with E-state index in [2.05, 4.69) is 14.5 Å². The maximum Gasteiger partial charge on any atom is 0.534 e. The molecule has 35 heavy (non-hydrogen) atoms. The highest BCUT2D eigenvalue weighted by atomic mass is 32.2. The average Bonchev–Trinajstić information content (AvgIpc) is 3.22. The molecule has 1 fully saturated rings. The van der Waals surface area contributed by atoms with Gasteiger partial charge in [-0.3, -0.25) is 4.79 Å². The van der Waals surface area contributed by atoms with Crippen molar-refractivity contribution in [1.29, 1.82) is 0 Å². The van der Waals surface area contributed by atoms with Gasteiger partial charge in [0, 0.05) is 6.04 Å². The third-order valence-corrected chi connectivity index (χ3v) is 7.65. The van der Waals surface area contributed by atoms with Crippen LogP contribution in [-0.4, -0.2) is 37.5 Å². The Morgan fingerprint density at radius 1 is 1.06 bits per heavy atom. The lowest BCUT2D eigenvalue weighted by atomic mass is 9.86. The van der Waals surface area contributed by atoms with Gasteiger partial charge in [-0.05, 0) is 68.5 Å². The first kappa shape index (κ1) is 25.4. The van der Waals surface area contributed by atoms with Crippen LogP contribution < -0.4 is 10.1 Å². The van der Waals surface area contributed by atoms with E-state index in [4.69, 9.17) is 4.74 Å². The molecule has 1 aliphatic carbocycles. The second-order valence-corrected chi connectivity index (χ2v) is 10.8. The van der Waals surface area contributed by atoms with Crippen LogP contribution in [0.25, 0.3) is 10.2 Å². The fourth-order valence-corrected chi connectivity index (χ4v) is 5.18. The summed E-state index contributed by atoms with van der Waals surface area (Å²) in [5.74, 6) is -1.50. The number of fused-ring (bicyclic) bond motifs is 1. The zero-order valence-electron chi connectivity index (χ0n) is 18.5. The van der Waals surface area contributed by atoms with Gasteiger partial charge in [-0.15, -0.1) is 0 Å². The van der Waals surface area contributed by atoms with E-state index in [1.807, 2.05) is 48.5 Å². The quantitative estimate of drug-likeness (QED) is 0.318. The number of nitrogens with one attached hydrogen (secondary N) is 1. The molecule has 1 heterocycles. The Hall–Kier alpha value is -2.70. The van der Waals surface area contributed by atoms with Crippen LogP contribution in [-0.2, 0) is 25.5 Å². The van der Waals surface area contributed by atoms with Gasteiger partial charge in [-0.2, -0.15) is 21.6 Å². The summed E-state index contributed by atoms with van der Waals surface area (Å²) < 4.78 is 69.8. The molecule has 0 unspecified atom stereocenters. The predicted molar refractivity (Wildman–Crippen MR) is 125 cm³/mol. The normalized spacial score (nSPS) is 18.9. The minimum absolute atomic E-state index is 0.0971. The van der Waals surface area contributed by atoms with E-state index in [-0.39, 0.29) is 18.9 Å². The summed E-state index contributed by atoms with van der Waals surface area (Å²) in [4.78, 5) is 16.3. The van der Waals surface area contributed by atoms with Gasteiger partial charge >= 0.3 is 21.6 Å². The minimum atomic E-state index is -5.91. The molecule has 3 aromatic rings. The Kier molecular flexibility index (Phi) is 7.62. The molecule has 0 atom stereocenters. The van der Waals surface area contributed by atoms with E-state index >= 15 is 0 Å². The van der Waals surface area contributed by atoms with Crippen molar-refractivity contribution in [3.8, 4) is 10.9 Å². The van der Waals surface area contributed by atoms with E-state index in [1.54, 1.807) is 0 Å². The smallest absolute Gasteiger partial charge is 0.431 e. The molecule has 0 spiro atoms. The number of ether oxygens (including phenoxy) is 1. The van der Waals surface area contributed by atoms with Gasteiger partial charge in [-0.25, -0.2) is 4.98 Å². The Morgan fingerprint density at radius 3 is 2.40 bits per heavy atom. The Morgan fingerprint density at radius 2 is 1.74 bits per heavy atom. The number of halogens is 3. The fourth-order valence-electron chi connectivity index (χ4n) is 3.90. The number of thiazole rings is 1. The molecule has 1 aromatic heterocycles. The highest BCUT2D eigenvalue weighted by Crippen LogP contribution is 2.32. The minimum Gasteiger partial charge on any atom is -0.431 e. The molecule has 0 bridgehead atoms. The number of benzene rings is 2. The lowest BCUT2D eigenvalue weighted by Crippen LogP contribution is -2.37. The van der Waals surface area contributed by atoms with Crippen molar-refractivity contribution in [2.45, 2.75) is 43.7 Å². The number of alkyl halides is 3. The first-order chi connectivity index (χ1) is 16.6. The number of carbonyl (C=O) groups excluding carboxylic acids is 1. The van der Waals surface area contributed by atoms with Crippen molar-refractivity contribution in [3.05, 3.63) is 54.1 Å². The molecular formula is C23H23F3N2O5S2. The monoisotopic (exact) mass is 528 g/mol. The Balaban J connectivity index is 1.18. The number of carbonyl (C=O) groups is 1. The second kappa shape index (κ2) is 10.5. The van der Waals surface area contributed by atoms with Crippen LogP contribution in [0.4, 0.5) is 13.2 Å². The molecule has 0 aliphatic heterocycles. The standard InChI is InChI=1S/C23H23F3N2O5S2/c24-23(25,26)35(30,31)33-21(29)16-7-9-17(10-8-16)27-14-13-15-5-11-18(12-6-15)32-22-28-19-3-1-2-4-20(19)34-22/h1-6,11-12,16-17,27H,7-10,13-14H2. The SMILES string of the molecule is O=C(OS(=O)(=O)C(F)(F)F)C1CCC(NCCc2ccc(Oc3nc4ccccc4s3)cc2)CC1. The number of hydrogen-bond donors (Lipinski definition) is 1. The van der Waals surface area contributed by atoms with Gasteiger partial charge in [0.2, 0.25) is 0 Å². The number of rotatable bonds is 8. The van der Waals surface area contributed by atoms with Crippen molar-refractivity contribution >= 4 is 37.6 Å². The van der Waals surface area contributed by atoms with Crippen molar-refractivity contribution in [2.24, 2.45) is 5.92 Å². The van der Waals surface area contributed by atoms with Crippen LogP contribution in [0.1, 0.15) is 31.2 Å². The molecule has 0 saturated heterocycles. The lowest BCUT2D eigenvalue weighted by Gasteiger charge is -2.27. The van der Waals surface area contributed by atoms with Crippen LogP contribution >= 0.6 is 11.3 Å². The summed E-state index contributed by atoms with van der Waals surface area (Å²) >= 11 is 1.48. The van der Waals surface area contributed by atoms with E-state index in [9.17, 15) is 26.4 Å². The molecular weight excluding hydrogens is 505 g/mol. The Labute approximate surface area is 204 Å². The van der Waals surface area contributed by atoms with E-state index in [0.717, 1.165) is 22.2 Å². The van der Waals surface area contributed by atoms with Crippen molar-refractivity contribution in [3.63, 3.8) is 0 Å². The maximum absolute atomic E-state index is 12.4. The molecule has 1 N–H and O–H groups in total. The third kappa shape index (κ3) is 6.50. The summed E-state index contributed by atoms with van der Waals surface area (Å²) in [6.07, 6.45) is 2.37. The third-order valence-electron chi connectivity index (χ3n) is 5.79. The van der Waals surface area contributed by atoms with E-state index in [1.165, 1.54) is 11.3 Å². The summed E-state index contributed by atoms with van der Waals surface area (Å²) in [6, 6.07) is 15.6. The highest BCUT2D eigenvalue weighted by molar-refractivity contribution is 7.88. The average molecular weight is 529 g/mol. The van der Waals surface area contributed by atoms with Gasteiger partial charge in [0.15, 0.2) is 0 Å². The first-order valence-electron chi connectivity index (χ1n) is 11.0. The van der Waals surface area contributed by atoms with Crippen LogP contribution in [0, 0.1) is 5.92 Å². The Bertz CT molecular complexity index is 1240. The van der Waals surface area contributed by atoms with Gasteiger partial charge in [0.25, 0.3) is 5.19 Å². The number of nitrogens with zero attached hydrogens (tertiary/aromatic N) is 1. The highest BCUT2D eigenvalue weighted by Gasteiger charge is 2.50. The van der Waals surface area contributed by atoms with Crippen molar-refractivity contribution < 1.29 is 35.3 Å². The first-order valence-corrected chi connectivity index (χ1v) is 13.2. The molecule has 12 heteroatoms. The predicted octanol–water partition coefficient (Wildman–Crippen LogP) is 5.17. The number of hydrogen-bond acceptors (Lipinski definition) is 8. The van der Waals surface area contributed by atoms with E-state index in [0.29, 0.717) is 30.3 Å². The van der Waals surface area contributed by atoms with Crippen LogP contribution in [0.15, 0.2) is 48.5 Å². The van der Waals surface area contributed by atoms with Gasteiger partial charge in [0.1, 0.15) is 5.75 Å². The summed E-state index contributed by atoms with van der Waals surface area (Å²) in [6.45, 7) is 0.681. The summed E-state index contributed by atoms with van der Waals surface area (Å²) in [5, 5.41) is 3.96.